The van der Waals surface area contributed by atoms with Crippen LogP contribution in [0.5, 0.6) is 0 Å². The zero-order valence-electron chi connectivity index (χ0n) is 14.4. The second-order valence-corrected chi connectivity index (χ2v) is 6.59. The molecule has 2 N–H and O–H groups in total. The van der Waals surface area contributed by atoms with Gasteiger partial charge in [-0.05, 0) is 30.5 Å². The highest BCUT2D eigenvalue weighted by Gasteiger charge is 2.41. The highest BCUT2D eigenvalue weighted by atomic mass is 19.2. The summed E-state index contributed by atoms with van der Waals surface area (Å²) in [6.07, 6.45) is 6.25. The molecule has 6 nitrogen and oxygen atoms in total. The first-order valence-electron chi connectivity index (χ1n) is 8.60. The van der Waals surface area contributed by atoms with E-state index in [2.05, 4.69) is 10.3 Å². The van der Waals surface area contributed by atoms with Crippen molar-refractivity contribution < 1.29 is 18.7 Å². The fraction of sp³-hybridized carbons (Fsp3) is 0.444. The monoisotopic (exact) mass is 364 g/mol. The minimum absolute atomic E-state index is 0.146. The van der Waals surface area contributed by atoms with Crippen LogP contribution in [-0.2, 0) is 17.9 Å². The van der Waals surface area contributed by atoms with E-state index in [0.29, 0.717) is 38.0 Å². The van der Waals surface area contributed by atoms with Gasteiger partial charge in [0.2, 0.25) is 0 Å². The van der Waals surface area contributed by atoms with Gasteiger partial charge in [0.05, 0.1) is 6.33 Å². The number of hydrogen-bond acceptors (Lipinski definition) is 4. The minimum Gasteiger partial charge on any atom is -0.379 e. The van der Waals surface area contributed by atoms with Gasteiger partial charge >= 0.3 is 0 Å². The van der Waals surface area contributed by atoms with Crippen molar-refractivity contribution in [1.82, 2.24) is 19.8 Å². The molecule has 0 unspecified atom stereocenters. The van der Waals surface area contributed by atoms with Gasteiger partial charge in [-0.3, -0.25) is 4.79 Å². The lowest BCUT2D eigenvalue weighted by molar-refractivity contribution is -0.157. The maximum absolute atomic E-state index is 13.4. The largest absolute Gasteiger partial charge is 0.379 e. The normalized spacial score (nSPS) is 20.6. The lowest BCUT2D eigenvalue weighted by Crippen LogP contribution is -2.57. The number of carbonyl (C=O) groups is 1. The van der Waals surface area contributed by atoms with Crippen LogP contribution < -0.4 is 5.32 Å². The number of halogens is 2. The number of rotatable bonds is 7. The van der Waals surface area contributed by atoms with E-state index in [1.807, 2.05) is 10.8 Å². The van der Waals surface area contributed by atoms with Crippen molar-refractivity contribution in [3.05, 3.63) is 54.1 Å². The predicted molar refractivity (Wildman–Crippen MR) is 91.1 cm³/mol. The molecule has 2 heterocycles. The molecule has 0 aliphatic carbocycles. The first-order valence-corrected chi connectivity index (χ1v) is 8.60. The molecular formula is C18H22F2N4O2. The molecule has 1 fully saturated rings. The van der Waals surface area contributed by atoms with Crippen LogP contribution in [0.4, 0.5) is 8.78 Å². The first kappa shape index (κ1) is 18.5. The minimum atomic E-state index is -1.48. The quantitative estimate of drug-likeness (QED) is 0.727. The molecule has 1 atom stereocenters. The Morgan fingerprint density at radius 2 is 2.15 bits per heavy atom. The number of nitrogens with zero attached hydrogens (tertiary/aromatic N) is 3. The van der Waals surface area contributed by atoms with E-state index >= 15 is 0 Å². The summed E-state index contributed by atoms with van der Waals surface area (Å²) >= 11 is 0. The molecule has 0 radical (unpaired) electrons. The van der Waals surface area contributed by atoms with Crippen molar-refractivity contribution >= 4 is 5.91 Å². The SMILES string of the molecule is O=C1N(Cc2ccc(F)c(F)c2)CCC[C@]1(O)CNCCn1ccnc1. The molecule has 2 aromatic rings. The summed E-state index contributed by atoms with van der Waals surface area (Å²) in [7, 11) is 0. The molecule has 1 amide bonds. The second-order valence-electron chi connectivity index (χ2n) is 6.59. The number of hydrogen-bond donors (Lipinski definition) is 2. The van der Waals surface area contributed by atoms with E-state index in [-0.39, 0.29) is 19.0 Å². The van der Waals surface area contributed by atoms with Gasteiger partial charge in [-0.15, -0.1) is 0 Å². The van der Waals surface area contributed by atoms with E-state index in [9.17, 15) is 18.7 Å². The summed E-state index contributed by atoms with van der Waals surface area (Å²) in [5.74, 6) is -2.25. The molecular weight excluding hydrogens is 342 g/mol. The number of aromatic nitrogens is 2. The predicted octanol–water partition coefficient (Wildman–Crippen LogP) is 1.30. The van der Waals surface area contributed by atoms with Gasteiger partial charge in [0.1, 0.15) is 0 Å². The fourth-order valence-corrected chi connectivity index (χ4v) is 3.16. The topological polar surface area (TPSA) is 70.4 Å². The lowest BCUT2D eigenvalue weighted by Gasteiger charge is -2.38. The number of piperidine rings is 1. The highest BCUT2D eigenvalue weighted by molar-refractivity contribution is 5.86. The summed E-state index contributed by atoms with van der Waals surface area (Å²) in [6.45, 7) is 2.05. The van der Waals surface area contributed by atoms with Gasteiger partial charge in [0, 0.05) is 45.1 Å². The Hall–Kier alpha value is -2.32. The molecule has 0 spiro atoms. The molecule has 3 rings (SSSR count). The molecule has 1 aliphatic heterocycles. The van der Waals surface area contributed by atoms with Crippen molar-refractivity contribution in [2.75, 3.05) is 19.6 Å². The summed E-state index contributed by atoms with van der Waals surface area (Å²) in [6, 6.07) is 3.57. The Balaban J connectivity index is 1.56. The third kappa shape index (κ3) is 4.25. The van der Waals surface area contributed by atoms with Crippen LogP contribution in [0.15, 0.2) is 36.9 Å². The molecule has 1 aromatic heterocycles. The summed E-state index contributed by atoms with van der Waals surface area (Å²) in [5.41, 5.74) is -0.985. The van der Waals surface area contributed by atoms with E-state index in [0.717, 1.165) is 12.1 Å². The van der Waals surface area contributed by atoms with E-state index in [4.69, 9.17) is 0 Å². The Bertz CT molecular complexity index is 754. The average molecular weight is 364 g/mol. The van der Waals surface area contributed by atoms with Crippen LogP contribution in [0.2, 0.25) is 0 Å². The first-order chi connectivity index (χ1) is 12.5. The molecule has 8 heteroatoms. The number of amides is 1. The maximum atomic E-state index is 13.4. The van der Waals surface area contributed by atoms with Gasteiger partial charge in [-0.2, -0.15) is 0 Å². The Labute approximate surface area is 150 Å². The smallest absolute Gasteiger partial charge is 0.256 e. The average Bonchev–Trinajstić information content (AvgIpc) is 3.13. The number of likely N-dealkylation sites (tertiary alicyclic amines) is 1. The van der Waals surface area contributed by atoms with Gasteiger partial charge in [0.25, 0.3) is 5.91 Å². The van der Waals surface area contributed by atoms with Gasteiger partial charge < -0.3 is 19.9 Å². The molecule has 140 valence electrons. The lowest BCUT2D eigenvalue weighted by atomic mass is 9.91. The van der Waals surface area contributed by atoms with Crippen LogP contribution in [0.3, 0.4) is 0 Å². The molecule has 1 aromatic carbocycles. The van der Waals surface area contributed by atoms with Crippen molar-refractivity contribution in [1.29, 1.82) is 0 Å². The van der Waals surface area contributed by atoms with Crippen molar-refractivity contribution in [2.24, 2.45) is 0 Å². The van der Waals surface area contributed by atoms with E-state index in [1.54, 1.807) is 12.5 Å². The third-order valence-electron chi connectivity index (χ3n) is 4.58. The van der Waals surface area contributed by atoms with E-state index < -0.39 is 17.2 Å². The zero-order chi connectivity index (χ0) is 18.6. The van der Waals surface area contributed by atoms with Crippen LogP contribution in [0, 0.1) is 11.6 Å². The van der Waals surface area contributed by atoms with Gasteiger partial charge in [-0.25, -0.2) is 13.8 Å². The Morgan fingerprint density at radius 3 is 2.88 bits per heavy atom. The summed E-state index contributed by atoms with van der Waals surface area (Å²) in [4.78, 5) is 18.1. The molecule has 0 bridgehead atoms. The summed E-state index contributed by atoms with van der Waals surface area (Å²) < 4.78 is 28.3. The fourth-order valence-electron chi connectivity index (χ4n) is 3.16. The van der Waals surface area contributed by atoms with Crippen LogP contribution in [0.25, 0.3) is 0 Å². The Morgan fingerprint density at radius 1 is 1.31 bits per heavy atom. The van der Waals surface area contributed by atoms with Crippen LogP contribution >= 0.6 is 0 Å². The second kappa shape index (κ2) is 7.92. The van der Waals surface area contributed by atoms with E-state index in [1.165, 1.54) is 11.0 Å². The number of imidazole rings is 1. The molecule has 1 saturated heterocycles. The molecule has 1 aliphatic rings. The number of benzene rings is 1. The zero-order valence-corrected chi connectivity index (χ0v) is 14.4. The summed E-state index contributed by atoms with van der Waals surface area (Å²) in [5, 5.41) is 13.8. The number of aliphatic hydroxyl groups is 1. The number of carbonyl (C=O) groups excluding carboxylic acids is 1. The van der Waals surface area contributed by atoms with Crippen LogP contribution in [0.1, 0.15) is 18.4 Å². The Kier molecular flexibility index (Phi) is 5.63. The molecule has 0 saturated carbocycles. The van der Waals surface area contributed by atoms with Gasteiger partial charge in [-0.1, -0.05) is 6.07 Å². The highest BCUT2D eigenvalue weighted by Crippen LogP contribution is 2.24. The van der Waals surface area contributed by atoms with Crippen molar-refractivity contribution in [3.8, 4) is 0 Å². The standard InChI is InChI=1S/C18H22F2N4O2/c19-15-3-2-14(10-16(15)20)11-24-7-1-4-18(26,17(24)25)12-21-5-8-23-9-6-22-13-23/h2-3,6,9-10,13,21,26H,1,4-5,7-8,11-12H2/t18-/m0/s1. The van der Waals surface area contributed by atoms with Crippen molar-refractivity contribution in [2.45, 2.75) is 31.5 Å². The third-order valence-corrected chi connectivity index (χ3v) is 4.58. The number of nitrogens with one attached hydrogen (secondary N) is 1. The van der Waals surface area contributed by atoms with Gasteiger partial charge in [0.15, 0.2) is 17.2 Å². The van der Waals surface area contributed by atoms with Crippen LogP contribution in [-0.4, -0.2) is 50.7 Å². The maximum Gasteiger partial charge on any atom is 0.256 e. The van der Waals surface area contributed by atoms with Crippen molar-refractivity contribution in [3.63, 3.8) is 0 Å². The molecule has 26 heavy (non-hydrogen) atoms.